The Morgan fingerprint density at radius 2 is 1.74 bits per heavy atom. The standard InChI is InChI=1S/C26H32N2O3/c1-4-5-11-31-16-8-9-17-18(12-16)19-13-23(29-2)24(30-3)14-20(19)21-15-28-10-6-7-22(28)26(27)25(17)21/h8-9,12-14,22,26H,4-7,10-11,15,27H2,1-3H3/t22-,26?/m0/s1. The zero-order valence-corrected chi connectivity index (χ0v) is 18.7. The number of nitrogens with two attached hydrogens (primary N) is 1. The van der Waals surface area contributed by atoms with E-state index in [2.05, 4.69) is 42.2 Å². The number of fused-ring (bicyclic) bond motifs is 7. The molecule has 0 aliphatic carbocycles. The minimum atomic E-state index is 0.0121. The van der Waals surface area contributed by atoms with Crippen LogP contribution in [-0.2, 0) is 6.54 Å². The third-order valence-electron chi connectivity index (χ3n) is 7.04. The molecule has 0 spiro atoms. The van der Waals surface area contributed by atoms with Crippen molar-refractivity contribution in [2.45, 2.75) is 51.2 Å². The molecule has 2 aliphatic rings. The van der Waals surface area contributed by atoms with Crippen molar-refractivity contribution in [1.29, 1.82) is 0 Å². The van der Waals surface area contributed by atoms with E-state index in [0.29, 0.717) is 6.04 Å². The van der Waals surface area contributed by atoms with Gasteiger partial charge in [-0.3, -0.25) is 4.90 Å². The van der Waals surface area contributed by atoms with Crippen molar-refractivity contribution >= 4 is 21.5 Å². The van der Waals surface area contributed by atoms with Gasteiger partial charge >= 0.3 is 0 Å². The quantitative estimate of drug-likeness (QED) is 0.441. The van der Waals surface area contributed by atoms with Crippen molar-refractivity contribution < 1.29 is 14.2 Å². The summed E-state index contributed by atoms with van der Waals surface area (Å²) >= 11 is 0. The van der Waals surface area contributed by atoms with Crippen LogP contribution >= 0.6 is 0 Å². The first-order valence-corrected chi connectivity index (χ1v) is 11.4. The van der Waals surface area contributed by atoms with Crippen LogP contribution in [0.25, 0.3) is 21.5 Å². The number of nitrogens with zero attached hydrogens (tertiary/aromatic N) is 1. The molecule has 3 aromatic rings. The van der Waals surface area contributed by atoms with Crippen molar-refractivity contribution in [1.82, 2.24) is 4.90 Å². The molecule has 164 valence electrons. The first kappa shape index (κ1) is 20.4. The van der Waals surface area contributed by atoms with E-state index >= 15 is 0 Å². The number of hydrogen-bond acceptors (Lipinski definition) is 5. The second kappa shape index (κ2) is 8.21. The Morgan fingerprint density at radius 1 is 1.00 bits per heavy atom. The largest absolute Gasteiger partial charge is 0.494 e. The summed E-state index contributed by atoms with van der Waals surface area (Å²) in [5, 5.41) is 4.77. The molecule has 5 nitrogen and oxygen atoms in total. The van der Waals surface area contributed by atoms with Crippen LogP contribution in [0.1, 0.15) is 49.8 Å². The number of unbranched alkanes of at least 4 members (excludes halogenated alkanes) is 1. The van der Waals surface area contributed by atoms with Gasteiger partial charge in [0.1, 0.15) is 5.75 Å². The topological polar surface area (TPSA) is 57.0 Å². The summed E-state index contributed by atoms with van der Waals surface area (Å²) in [5.41, 5.74) is 9.54. The number of hydrogen-bond donors (Lipinski definition) is 1. The van der Waals surface area contributed by atoms with Crippen LogP contribution in [0.3, 0.4) is 0 Å². The molecule has 1 fully saturated rings. The number of methoxy groups -OCH3 is 2. The van der Waals surface area contributed by atoms with Crippen molar-refractivity contribution in [3.63, 3.8) is 0 Å². The van der Waals surface area contributed by atoms with Crippen molar-refractivity contribution in [2.75, 3.05) is 27.4 Å². The highest BCUT2D eigenvalue weighted by Gasteiger charge is 2.38. The van der Waals surface area contributed by atoms with Crippen LogP contribution in [0.5, 0.6) is 17.2 Å². The average Bonchev–Trinajstić information content (AvgIpc) is 3.27. The number of rotatable bonds is 6. The van der Waals surface area contributed by atoms with Gasteiger partial charge in [-0.05, 0) is 82.7 Å². The molecule has 2 aliphatic heterocycles. The van der Waals surface area contributed by atoms with Crippen LogP contribution < -0.4 is 19.9 Å². The van der Waals surface area contributed by atoms with E-state index in [0.717, 1.165) is 55.2 Å². The van der Waals surface area contributed by atoms with Crippen molar-refractivity contribution in [3.8, 4) is 17.2 Å². The summed E-state index contributed by atoms with van der Waals surface area (Å²) < 4.78 is 17.4. The minimum Gasteiger partial charge on any atom is -0.494 e. The molecule has 31 heavy (non-hydrogen) atoms. The highest BCUT2D eigenvalue weighted by Crippen LogP contribution is 2.46. The first-order chi connectivity index (χ1) is 15.2. The fourth-order valence-electron chi connectivity index (χ4n) is 5.47. The molecular weight excluding hydrogens is 388 g/mol. The summed E-state index contributed by atoms with van der Waals surface area (Å²) in [6, 6.07) is 11.1. The maximum absolute atomic E-state index is 6.92. The van der Waals surface area contributed by atoms with Gasteiger partial charge in [0.05, 0.1) is 20.8 Å². The maximum atomic E-state index is 6.92. The Balaban J connectivity index is 1.79. The molecule has 2 heterocycles. The summed E-state index contributed by atoms with van der Waals surface area (Å²) in [7, 11) is 3.38. The lowest BCUT2D eigenvalue weighted by molar-refractivity contribution is 0.200. The van der Waals surface area contributed by atoms with Crippen LogP contribution in [0.15, 0.2) is 30.3 Å². The van der Waals surface area contributed by atoms with Crippen LogP contribution in [0, 0.1) is 0 Å². The normalized spacial score (nSPS) is 20.6. The smallest absolute Gasteiger partial charge is 0.161 e. The molecule has 0 saturated carbocycles. The summed E-state index contributed by atoms with van der Waals surface area (Å²) in [5.74, 6) is 2.40. The van der Waals surface area contributed by atoms with Crippen LogP contribution in [0.4, 0.5) is 0 Å². The van der Waals surface area contributed by atoms with Gasteiger partial charge in [0, 0.05) is 18.6 Å². The second-order valence-electron chi connectivity index (χ2n) is 8.76. The molecule has 2 atom stereocenters. The molecule has 1 saturated heterocycles. The van der Waals surface area contributed by atoms with Gasteiger partial charge in [-0.2, -0.15) is 0 Å². The third-order valence-corrected chi connectivity index (χ3v) is 7.04. The molecular formula is C26H32N2O3. The van der Waals surface area contributed by atoms with E-state index in [-0.39, 0.29) is 6.04 Å². The minimum absolute atomic E-state index is 0.0121. The van der Waals surface area contributed by atoms with Crippen LogP contribution in [0.2, 0.25) is 0 Å². The predicted octanol–water partition coefficient (Wildman–Crippen LogP) is 5.17. The first-order valence-electron chi connectivity index (χ1n) is 11.4. The van der Waals surface area contributed by atoms with E-state index in [9.17, 15) is 0 Å². The van der Waals surface area contributed by atoms with Gasteiger partial charge in [-0.15, -0.1) is 0 Å². The average molecular weight is 421 g/mol. The van der Waals surface area contributed by atoms with Gasteiger partial charge in [0.25, 0.3) is 0 Å². The monoisotopic (exact) mass is 420 g/mol. The fraction of sp³-hybridized carbons (Fsp3) is 0.462. The third kappa shape index (κ3) is 3.31. The molecule has 0 radical (unpaired) electrons. The van der Waals surface area contributed by atoms with Gasteiger partial charge in [0.15, 0.2) is 11.5 Å². The highest BCUT2D eigenvalue weighted by molar-refractivity contribution is 6.12. The lowest BCUT2D eigenvalue weighted by Crippen LogP contribution is -2.42. The van der Waals surface area contributed by atoms with Gasteiger partial charge in [0.2, 0.25) is 0 Å². The zero-order valence-electron chi connectivity index (χ0n) is 18.7. The summed E-state index contributed by atoms with van der Waals surface area (Å²) in [6.45, 7) is 4.97. The molecule has 5 rings (SSSR count). The van der Waals surface area contributed by atoms with Gasteiger partial charge in [-0.1, -0.05) is 19.4 Å². The lowest BCUT2D eigenvalue weighted by atomic mass is 9.82. The molecule has 5 heteroatoms. The van der Waals surface area contributed by atoms with Crippen molar-refractivity contribution in [3.05, 3.63) is 41.5 Å². The van der Waals surface area contributed by atoms with E-state index in [4.69, 9.17) is 19.9 Å². The summed E-state index contributed by atoms with van der Waals surface area (Å²) in [6.07, 6.45) is 4.56. The summed E-state index contributed by atoms with van der Waals surface area (Å²) in [4.78, 5) is 2.55. The molecule has 1 unspecified atom stereocenters. The molecule has 0 bridgehead atoms. The maximum Gasteiger partial charge on any atom is 0.161 e. The number of benzene rings is 3. The number of ether oxygens (including phenoxy) is 3. The van der Waals surface area contributed by atoms with Gasteiger partial charge < -0.3 is 19.9 Å². The van der Waals surface area contributed by atoms with E-state index in [1.54, 1.807) is 14.2 Å². The predicted molar refractivity (Wildman–Crippen MR) is 125 cm³/mol. The molecule has 2 N–H and O–H groups in total. The lowest BCUT2D eigenvalue weighted by Gasteiger charge is -2.38. The Hall–Kier alpha value is -2.50. The molecule has 3 aromatic carbocycles. The second-order valence-corrected chi connectivity index (χ2v) is 8.76. The molecule has 0 aromatic heterocycles. The zero-order chi connectivity index (χ0) is 21.5. The van der Waals surface area contributed by atoms with E-state index in [1.165, 1.54) is 40.1 Å². The van der Waals surface area contributed by atoms with E-state index < -0.39 is 0 Å². The Morgan fingerprint density at radius 3 is 2.48 bits per heavy atom. The Bertz CT molecular complexity index is 1130. The Kier molecular flexibility index (Phi) is 5.40. The van der Waals surface area contributed by atoms with Gasteiger partial charge in [-0.25, -0.2) is 0 Å². The highest BCUT2D eigenvalue weighted by atomic mass is 16.5. The Labute approximate surface area is 184 Å². The fourth-order valence-corrected chi connectivity index (χ4v) is 5.47. The van der Waals surface area contributed by atoms with Crippen LogP contribution in [-0.4, -0.2) is 38.3 Å². The van der Waals surface area contributed by atoms with Crippen molar-refractivity contribution in [2.24, 2.45) is 5.73 Å². The SMILES string of the molecule is CCCCOc1ccc2c3c(c4cc(OC)c(OC)cc4c2c1)CN1CCC[C@H]1C3N. The van der Waals surface area contributed by atoms with E-state index in [1.807, 2.05) is 0 Å². The molecule has 0 amide bonds.